The number of hydrogen-bond acceptors (Lipinski definition) is 4. The average molecular weight is 257 g/mol. The van der Waals surface area contributed by atoms with E-state index in [1.807, 2.05) is 0 Å². The van der Waals surface area contributed by atoms with Gasteiger partial charge < -0.3 is 10.4 Å². The van der Waals surface area contributed by atoms with E-state index in [4.69, 9.17) is 5.11 Å². The standard InChI is InChI=1S/C13H11N3O3/c1-8-9(4-2-6-14-8)12(17)16-11-10(13(18)19)5-3-7-15-11/h2-7H,1H3,(H,18,19)(H,15,16,17). The maximum Gasteiger partial charge on any atom is 0.339 e. The molecule has 19 heavy (non-hydrogen) atoms. The van der Waals surface area contributed by atoms with E-state index in [1.54, 1.807) is 25.3 Å². The Balaban J connectivity index is 2.30. The number of carboxylic acid groups (broad SMARTS) is 1. The molecule has 0 saturated heterocycles. The summed E-state index contributed by atoms with van der Waals surface area (Å²) in [6, 6.07) is 6.12. The first-order valence-corrected chi connectivity index (χ1v) is 5.51. The molecule has 0 radical (unpaired) electrons. The highest BCUT2D eigenvalue weighted by molar-refractivity contribution is 6.07. The summed E-state index contributed by atoms with van der Waals surface area (Å²) < 4.78 is 0. The van der Waals surface area contributed by atoms with Crippen LogP contribution in [0.1, 0.15) is 26.4 Å². The fraction of sp³-hybridized carbons (Fsp3) is 0.0769. The molecule has 0 fully saturated rings. The molecule has 96 valence electrons. The molecule has 1 amide bonds. The number of carbonyl (C=O) groups is 2. The predicted molar refractivity (Wildman–Crippen MR) is 68.1 cm³/mol. The molecule has 2 rings (SSSR count). The van der Waals surface area contributed by atoms with E-state index in [9.17, 15) is 9.59 Å². The molecule has 0 aliphatic rings. The third-order valence-electron chi connectivity index (χ3n) is 2.52. The smallest absolute Gasteiger partial charge is 0.339 e. The summed E-state index contributed by atoms with van der Waals surface area (Å²) in [7, 11) is 0. The van der Waals surface area contributed by atoms with E-state index < -0.39 is 11.9 Å². The molecule has 0 aliphatic carbocycles. The number of aromatic carboxylic acids is 1. The fourth-order valence-corrected chi connectivity index (χ4v) is 1.58. The van der Waals surface area contributed by atoms with Crippen molar-refractivity contribution in [3.05, 3.63) is 53.5 Å². The summed E-state index contributed by atoms with van der Waals surface area (Å²) in [5, 5.41) is 11.5. The van der Waals surface area contributed by atoms with Crippen LogP contribution in [0.15, 0.2) is 36.7 Å². The summed E-state index contributed by atoms with van der Waals surface area (Å²) in [4.78, 5) is 30.9. The minimum Gasteiger partial charge on any atom is -0.478 e. The number of carbonyl (C=O) groups excluding carboxylic acids is 1. The SMILES string of the molecule is Cc1ncccc1C(=O)Nc1ncccc1C(=O)O. The van der Waals surface area contributed by atoms with Crippen LogP contribution in [0.5, 0.6) is 0 Å². The summed E-state index contributed by atoms with van der Waals surface area (Å²) >= 11 is 0. The monoisotopic (exact) mass is 257 g/mol. The molecule has 2 N–H and O–H groups in total. The number of rotatable bonds is 3. The lowest BCUT2D eigenvalue weighted by atomic mass is 10.2. The Labute approximate surface area is 109 Å². The first kappa shape index (κ1) is 12.7. The molecule has 0 saturated carbocycles. The Morgan fingerprint density at radius 1 is 1.11 bits per heavy atom. The first-order chi connectivity index (χ1) is 9.09. The quantitative estimate of drug-likeness (QED) is 0.873. The van der Waals surface area contributed by atoms with Crippen molar-refractivity contribution < 1.29 is 14.7 Å². The number of hydrogen-bond donors (Lipinski definition) is 2. The molecule has 0 spiro atoms. The lowest BCUT2D eigenvalue weighted by Crippen LogP contribution is -2.17. The largest absolute Gasteiger partial charge is 0.478 e. The maximum absolute atomic E-state index is 12.0. The van der Waals surface area contributed by atoms with Crippen molar-refractivity contribution in [2.24, 2.45) is 0 Å². The molecular weight excluding hydrogens is 246 g/mol. The van der Waals surface area contributed by atoms with E-state index in [2.05, 4.69) is 15.3 Å². The zero-order chi connectivity index (χ0) is 13.8. The summed E-state index contributed by atoms with van der Waals surface area (Å²) in [6.45, 7) is 1.70. The molecule has 6 nitrogen and oxygen atoms in total. The van der Waals surface area contributed by atoms with Gasteiger partial charge in [-0.1, -0.05) is 0 Å². The molecule has 0 aliphatic heterocycles. The van der Waals surface area contributed by atoms with Gasteiger partial charge in [0.1, 0.15) is 11.4 Å². The van der Waals surface area contributed by atoms with E-state index >= 15 is 0 Å². The topological polar surface area (TPSA) is 92.2 Å². The Bertz CT molecular complexity index is 641. The van der Waals surface area contributed by atoms with Crippen LogP contribution in [0.4, 0.5) is 5.82 Å². The van der Waals surface area contributed by atoms with Crippen LogP contribution in [-0.4, -0.2) is 27.0 Å². The molecule has 2 aromatic heterocycles. The third-order valence-corrected chi connectivity index (χ3v) is 2.52. The van der Waals surface area contributed by atoms with Gasteiger partial charge in [-0.25, -0.2) is 9.78 Å². The van der Waals surface area contributed by atoms with Crippen molar-refractivity contribution in [3.8, 4) is 0 Å². The van der Waals surface area contributed by atoms with Crippen LogP contribution < -0.4 is 5.32 Å². The summed E-state index contributed by atoms with van der Waals surface area (Å²) in [5.74, 6) is -1.57. The van der Waals surface area contributed by atoms with Gasteiger partial charge in [0.15, 0.2) is 0 Å². The number of nitrogens with zero attached hydrogens (tertiary/aromatic N) is 2. The highest BCUT2D eigenvalue weighted by Gasteiger charge is 2.15. The van der Waals surface area contributed by atoms with Crippen molar-refractivity contribution in [3.63, 3.8) is 0 Å². The van der Waals surface area contributed by atoms with E-state index in [1.165, 1.54) is 18.3 Å². The number of aryl methyl sites for hydroxylation is 1. The van der Waals surface area contributed by atoms with Gasteiger partial charge in [0.05, 0.1) is 5.56 Å². The Kier molecular flexibility index (Phi) is 3.51. The van der Waals surface area contributed by atoms with Gasteiger partial charge >= 0.3 is 5.97 Å². The van der Waals surface area contributed by atoms with Crippen LogP contribution in [0.25, 0.3) is 0 Å². The second kappa shape index (κ2) is 5.26. The highest BCUT2D eigenvalue weighted by atomic mass is 16.4. The predicted octanol–water partition coefficient (Wildman–Crippen LogP) is 1.74. The van der Waals surface area contributed by atoms with Gasteiger partial charge in [0.25, 0.3) is 5.91 Å². The molecule has 2 aromatic rings. The van der Waals surface area contributed by atoms with Gasteiger partial charge in [0.2, 0.25) is 0 Å². The first-order valence-electron chi connectivity index (χ1n) is 5.51. The third kappa shape index (κ3) is 2.74. The Hall–Kier alpha value is -2.76. The van der Waals surface area contributed by atoms with Crippen molar-refractivity contribution in [2.45, 2.75) is 6.92 Å². The lowest BCUT2D eigenvalue weighted by Gasteiger charge is -2.08. The van der Waals surface area contributed by atoms with Gasteiger partial charge in [-0.05, 0) is 31.2 Å². The maximum atomic E-state index is 12.0. The van der Waals surface area contributed by atoms with Crippen LogP contribution in [0.2, 0.25) is 0 Å². The number of aromatic nitrogens is 2. The zero-order valence-electron chi connectivity index (χ0n) is 10.1. The Morgan fingerprint density at radius 3 is 2.37 bits per heavy atom. The average Bonchev–Trinajstić information content (AvgIpc) is 2.39. The van der Waals surface area contributed by atoms with Crippen molar-refractivity contribution in [1.82, 2.24) is 9.97 Å². The molecule has 6 heteroatoms. The molecule has 2 heterocycles. The number of nitrogens with one attached hydrogen (secondary N) is 1. The van der Waals surface area contributed by atoms with Gasteiger partial charge in [-0.3, -0.25) is 9.78 Å². The summed E-state index contributed by atoms with van der Waals surface area (Å²) in [5.41, 5.74) is 0.884. The molecule has 0 aromatic carbocycles. The molecular formula is C13H11N3O3. The molecule has 0 bridgehead atoms. The zero-order valence-corrected chi connectivity index (χ0v) is 10.1. The van der Waals surface area contributed by atoms with Gasteiger partial charge in [-0.2, -0.15) is 0 Å². The van der Waals surface area contributed by atoms with Crippen molar-refractivity contribution in [2.75, 3.05) is 5.32 Å². The van der Waals surface area contributed by atoms with Crippen molar-refractivity contribution in [1.29, 1.82) is 0 Å². The second-order valence-corrected chi connectivity index (χ2v) is 3.80. The normalized spacial score (nSPS) is 9.95. The number of pyridine rings is 2. The minimum absolute atomic E-state index is 0.0169. The van der Waals surface area contributed by atoms with E-state index in [-0.39, 0.29) is 11.4 Å². The second-order valence-electron chi connectivity index (χ2n) is 3.80. The lowest BCUT2D eigenvalue weighted by molar-refractivity contribution is 0.0697. The van der Waals surface area contributed by atoms with E-state index in [0.29, 0.717) is 11.3 Å². The number of carboxylic acids is 1. The van der Waals surface area contributed by atoms with Gasteiger partial charge in [-0.15, -0.1) is 0 Å². The molecule has 0 atom stereocenters. The Morgan fingerprint density at radius 2 is 1.74 bits per heavy atom. The van der Waals surface area contributed by atoms with Crippen LogP contribution >= 0.6 is 0 Å². The summed E-state index contributed by atoms with van der Waals surface area (Å²) in [6.07, 6.45) is 2.99. The van der Waals surface area contributed by atoms with Crippen LogP contribution in [0, 0.1) is 6.92 Å². The number of amides is 1. The minimum atomic E-state index is -1.15. The van der Waals surface area contributed by atoms with E-state index in [0.717, 1.165) is 0 Å². The van der Waals surface area contributed by atoms with Crippen molar-refractivity contribution >= 4 is 17.7 Å². The molecule has 0 unspecified atom stereocenters. The highest BCUT2D eigenvalue weighted by Crippen LogP contribution is 2.13. The van der Waals surface area contributed by atoms with Crippen LogP contribution in [-0.2, 0) is 0 Å². The van der Waals surface area contributed by atoms with Crippen LogP contribution in [0.3, 0.4) is 0 Å². The fourth-order valence-electron chi connectivity index (χ4n) is 1.58. The number of anilines is 1. The van der Waals surface area contributed by atoms with Gasteiger partial charge in [0, 0.05) is 18.1 Å².